The van der Waals surface area contributed by atoms with Gasteiger partial charge in [-0.15, -0.1) is 0 Å². The summed E-state index contributed by atoms with van der Waals surface area (Å²) >= 11 is 0. The van der Waals surface area contributed by atoms with E-state index in [1.165, 1.54) is 5.56 Å². The van der Waals surface area contributed by atoms with Gasteiger partial charge in [-0.3, -0.25) is 4.79 Å². The molecule has 0 spiro atoms. The number of carboxylic acid groups (broad SMARTS) is 1. The molecule has 226 valence electrons. The Kier molecular flexibility index (Phi) is 9.64. The number of aliphatic carboxylic acids is 1. The number of hydrogen-bond acceptors (Lipinski definition) is 8. The molecule has 2 N–H and O–H groups in total. The number of ether oxygens (including phenoxy) is 4. The third kappa shape index (κ3) is 6.87. The Bertz CT molecular complexity index is 1360. The molecule has 2 aromatic heterocycles. The second-order valence-electron chi connectivity index (χ2n) is 11.3. The highest BCUT2D eigenvalue weighted by Crippen LogP contribution is 2.40. The molecule has 4 heterocycles. The molecule has 5 rings (SSSR count). The fourth-order valence-electron chi connectivity index (χ4n) is 6.20. The molecule has 0 amide bonds. The second-order valence-corrected chi connectivity index (χ2v) is 11.3. The van der Waals surface area contributed by atoms with Crippen molar-refractivity contribution in [3.63, 3.8) is 0 Å². The summed E-state index contributed by atoms with van der Waals surface area (Å²) in [5.74, 6) is 1.08. The van der Waals surface area contributed by atoms with Gasteiger partial charge in [-0.2, -0.15) is 5.10 Å². The van der Waals surface area contributed by atoms with Crippen molar-refractivity contribution in [3.8, 4) is 11.6 Å². The maximum atomic E-state index is 12.0. The van der Waals surface area contributed by atoms with Crippen molar-refractivity contribution in [2.45, 2.75) is 56.3 Å². The fraction of sp³-hybridized carbons (Fsp3) is 0.531. The number of benzene rings is 1. The number of nitrogens with one attached hydrogen (secondary N) is 1. The van der Waals surface area contributed by atoms with Crippen LogP contribution in [0.25, 0.3) is 0 Å². The summed E-state index contributed by atoms with van der Waals surface area (Å²) in [5.41, 5.74) is 4.81. The van der Waals surface area contributed by atoms with Crippen molar-refractivity contribution in [3.05, 3.63) is 64.5 Å². The Balaban J connectivity index is 1.32. The van der Waals surface area contributed by atoms with Gasteiger partial charge in [0.25, 0.3) is 0 Å². The third-order valence-corrected chi connectivity index (χ3v) is 8.48. The predicted octanol–water partition coefficient (Wildman–Crippen LogP) is 4.30. The van der Waals surface area contributed by atoms with E-state index in [4.69, 9.17) is 23.9 Å². The predicted molar refractivity (Wildman–Crippen MR) is 159 cm³/mol. The van der Waals surface area contributed by atoms with Crippen molar-refractivity contribution < 1.29 is 28.8 Å². The Hall–Kier alpha value is -3.63. The molecule has 3 aromatic rings. The van der Waals surface area contributed by atoms with Gasteiger partial charge < -0.3 is 29.4 Å². The van der Waals surface area contributed by atoms with E-state index in [1.807, 2.05) is 19.2 Å². The van der Waals surface area contributed by atoms with Crippen LogP contribution in [0.3, 0.4) is 0 Å². The third-order valence-electron chi connectivity index (χ3n) is 8.48. The molecule has 0 bridgehead atoms. The lowest BCUT2D eigenvalue weighted by molar-refractivity contribution is -0.137. The maximum Gasteiger partial charge on any atom is 0.303 e. The number of aromatic nitrogens is 3. The van der Waals surface area contributed by atoms with Crippen molar-refractivity contribution >= 4 is 11.8 Å². The van der Waals surface area contributed by atoms with Gasteiger partial charge in [-0.25, -0.2) is 9.67 Å². The number of anilines is 1. The second kappa shape index (κ2) is 13.6. The summed E-state index contributed by atoms with van der Waals surface area (Å²) in [5, 5.41) is 17.9. The number of carboxylic acids is 1. The quantitative estimate of drug-likeness (QED) is 0.306. The van der Waals surface area contributed by atoms with Crippen LogP contribution in [0.5, 0.6) is 11.6 Å². The van der Waals surface area contributed by atoms with Gasteiger partial charge >= 0.3 is 5.97 Å². The highest BCUT2D eigenvalue weighted by Gasteiger charge is 2.36. The molecule has 10 nitrogen and oxygen atoms in total. The molecule has 1 aromatic carbocycles. The monoisotopic (exact) mass is 578 g/mol. The first-order chi connectivity index (χ1) is 20.4. The Morgan fingerprint density at radius 1 is 1.17 bits per heavy atom. The maximum absolute atomic E-state index is 12.0. The lowest BCUT2D eigenvalue weighted by Crippen LogP contribution is -2.38. The molecular formula is C32H42N4O6. The highest BCUT2D eigenvalue weighted by molar-refractivity contribution is 5.68. The summed E-state index contributed by atoms with van der Waals surface area (Å²) < 4.78 is 24.8. The summed E-state index contributed by atoms with van der Waals surface area (Å²) in [6.45, 7) is 3.33. The molecule has 0 saturated carbocycles. The number of methoxy groups -OCH3 is 2. The minimum Gasteiger partial charge on any atom is -0.496 e. The Labute approximate surface area is 247 Å². The van der Waals surface area contributed by atoms with Crippen LogP contribution in [0.2, 0.25) is 0 Å². The van der Waals surface area contributed by atoms with Crippen LogP contribution < -0.4 is 14.8 Å². The van der Waals surface area contributed by atoms with E-state index in [0.717, 1.165) is 60.6 Å². The van der Waals surface area contributed by atoms with Gasteiger partial charge in [-0.1, -0.05) is 18.2 Å². The van der Waals surface area contributed by atoms with Gasteiger partial charge in [0.2, 0.25) is 5.88 Å². The molecule has 42 heavy (non-hydrogen) atoms. The Morgan fingerprint density at radius 3 is 2.76 bits per heavy atom. The first-order valence-electron chi connectivity index (χ1n) is 14.8. The molecule has 1 fully saturated rings. The summed E-state index contributed by atoms with van der Waals surface area (Å²) in [4.78, 5) is 16.8. The topological polar surface area (TPSA) is 117 Å². The lowest BCUT2D eigenvalue weighted by atomic mass is 9.73. The van der Waals surface area contributed by atoms with E-state index in [-0.39, 0.29) is 17.8 Å². The van der Waals surface area contributed by atoms with E-state index in [9.17, 15) is 9.90 Å². The van der Waals surface area contributed by atoms with Crippen LogP contribution >= 0.6 is 0 Å². The van der Waals surface area contributed by atoms with E-state index in [2.05, 4.69) is 34.7 Å². The van der Waals surface area contributed by atoms with Gasteiger partial charge in [0.05, 0.1) is 32.4 Å². The number of aryl methyl sites for hydroxylation is 2. The van der Waals surface area contributed by atoms with Gasteiger partial charge in [-0.05, 0) is 60.9 Å². The number of rotatable bonds is 13. The zero-order valence-electron chi connectivity index (χ0n) is 24.9. The molecule has 0 unspecified atom stereocenters. The molecule has 1 saturated heterocycles. The molecule has 10 heteroatoms. The van der Waals surface area contributed by atoms with Crippen molar-refractivity contribution in [1.82, 2.24) is 14.8 Å². The molecule has 2 aliphatic rings. The molecule has 1 atom stereocenters. The van der Waals surface area contributed by atoms with E-state index >= 15 is 0 Å². The van der Waals surface area contributed by atoms with Crippen LogP contribution in [0.4, 0.5) is 5.82 Å². The lowest BCUT2D eigenvalue weighted by Gasteiger charge is -2.37. The SMILES string of the molecule is COCC1(c2ccc(OC)c([C@H](CC(=O)O)Cc3cc(OCCc4ccc5c(n4)NCCC5)n(C)n3)c2)CCOCC1. The zero-order chi connectivity index (χ0) is 29.5. The number of carbonyl (C=O) groups is 1. The normalized spacial score (nSPS) is 16.7. The average molecular weight is 579 g/mol. The summed E-state index contributed by atoms with van der Waals surface area (Å²) in [6.07, 6.45) is 4.94. The smallest absolute Gasteiger partial charge is 0.303 e. The van der Waals surface area contributed by atoms with E-state index < -0.39 is 5.97 Å². The van der Waals surface area contributed by atoms with Gasteiger partial charge in [0, 0.05) is 63.4 Å². The first kappa shape index (κ1) is 29.8. The Morgan fingerprint density at radius 2 is 2.00 bits per heavy atom. The number of fused-ring (bicyclic) bond motifs is 1. The summed E-state index contributed by atoms with van der Waals surface area (Å²) in [6, 6.07) is 12.2. The van der Waals surface area contributed by atoms with Crippen LogP contribution in [0.1, 0.15) is 59.7 Å². The van der Waals surface area contributed by atoms with E-state index in [1.54, 1.807) is 18.9 Å². The van der Waals surface area contributed by atoms with Crippen LogP contribution in [0.15, 0.2) is 36.4 Å². The van der Waals surface area contributed by atoms with Crippen LogP contribution in [0, 0.1) is 0 Å². The van der Waals surface area contributed by atoms with Crippen LogP contribution in [-0.4, -0.2) is 73.0 Å². The largest absolute Gasteiger partial charge is 0.496 e. The highest BCUT2D eigenvalue weighted by atomic mass is 16.5. The van der Waals surface area contributed by atoms with Crippen LogP contribution in [-0.2, 0) is 46.0 Å². The van der Waals surface area contributed by atoms with Gasteiger partial charge in [0.15, 0.2) is 0 Å². The molecule has 2 aliphatic heterocycles. The van der Waals surface area contributed by atoms with Gasteiger partial charge in [0.1, 0.15) is 11.6 Å². The standard InChI is InChI=1S/C32H42N4O6/c1-36-29(42-14-10-25-8-6-22-5-4-13-33-31(22)34-25)20-26(35-36)17-23(18-30(37)38)27-19-24(7-9-28(27)40-3)32(21-39-2)11-15-41-16-12-32/h6-9,19-20,23H,4-5,10-18,21H2,1-3H3,(H,33,34)(H,37,38)/t23-/m0/s1. The number of nitrogens with zero attached hydrogens (tertiary/aromatic N) is 3. The first-order valence-corrected chi connectivity index (χ1v) is 14.8. The molecular weight excluding hydrogens is 536 g/mol. The molecule has 0 radical (unpaired) electrons. The minimum absolute atomic E-state index is 0.0506. The van der Waals surface area contributed by atoms with E-state index in [0.29, 0.717) is 50.9 Å². The number of hydrogen-bond donors (Lipinski definition) is 2. The van der Waals surface area contributed by atoms with Crippen molar-refractivity contribution in [2.24, 2.45) is 7.05 Å². The molecule has 0 aliphatic carbocycles. The van der Waals surface area contributed by atoms with Crippen molar-refractivity contribution in [1.29, 1.82) is 0 Å². The average Bonchev–Trinajstić information content (AvgIpc) is 3.35. The zero-order valence-corrected chi connectivity index (χ0v) is 24.9. The summed E-state index contributed by atoms with van der Waals surface area (Å²) in [7, 11) is 5.18. The minimum atomic E-state index is -0.871. The van der Waals surface area contributed by atoms with Crippen molar-refractivity contribution in [2.75, 3.05) is 52.5 Å². The fourth-order valence-corrected chi connectivity index (χ4v) is 6.20. The number of pyridine rings is 1.